The van der Waals surface area contributed by atoms with Crippen molar-refractivity contribution in [3.63, 3.8) is 0 Å². The van der Waals surface area contributed by atoms with E-state index in [1.807, 2.05) is 30.3 Å². The lowest BCUT2D eigenvalue weighted by atomic mass is 10.1. The van der Waals surface area contributed by atoms with Crippen LogP contribution in [0.15, 0.2) is 30.3 Å². The second-order valence-electron chi connectivity index (χ2n) is 5.62. The fourth-order valence-corrected chi connectivity index (χ4v) is 4.50. The van der Waals surface area contributed by atoms with E-state index in [1.165, 1.54) is 5.56 Å². The molecule has 1 amide bonds. The Labute approximate surface area is 132 Å². The molecule has 0 spiro atoms. The third kappa shape index (κ3) is 4.60. The van der Waals surface area contributed by atoms with Crippen molar-refractivity contribution in [3.05, 3.63) is 35.9 Å². The minimum Gasteiger partial charge on any atom is -0.328 e. The van der Waals surface area contributed by atoms with Crippen LogP contribution in [0.5, 0.6) is 0 Å². The summed E-state index contributed by atoms with van der Waals surface area (Å²) in [6.45, 7) is 0.185. The fraction of sp³-hybridized carbons (Fsp3) is 0.471. The Hall–Kier alpha value is -1.80. The molecule has 1 fully saturated rings. The van der Waals surface area contributed by atoms with Crippen molar-refractivity contribution in [2.24, 2.45) is 0 Å². The van der Waals surface area contributed by atoms with Crippen molar-refractivity contribution in [1.29, 1.82) is 0 Å². The second-order valence-corrected chi connectivity index (χ2v) is 7.85. The molecule has 22 heavy (non-hydrogen) atoms. The van der Waals surface area contributed by atoms with Crippen LogP contribution >= 0.6 is 0 Å². The number of carbonyl (C=O) groups is 1. The van der Waals surface area contributed by atoms with Crippen molar-refractivity contribution < 1.29 is 13.2 Å². The van der Waals surface area contributed by atoms with Crippen molar-refractivity contribution in [2.45, 2.75) is 31.7 Å². The van der Waals surface area contributed by atoms with Gasteiger partial charge in [-0.2, -0.15) is 0 Å². The molecule has 0 N–H and O–H groups in total. The minimum atomic E-state index is -3.02. The maximum atomic E-state index is 12.4. The Balaban J connectivity index is 1.89. The third-order valence-corrected chi connectivity index (χ3v) is 5.68. The highest BCUT2D eigenvalue weighted by Gasteiger charge is 2.33. The molecule has 0 saturated carbocycles. The summed E-state index contributed by atoms with van der Waals surface area (Å²) < 4.78 is 23.2. The van der Waals surface area contributed by atoms with Gasteiger partial charge in [-0.1, -0.05) is 36.3 Å². The lowest BCUT2D eigenvalue weighted by Gasteiger charge is -2.26. The van der Waals surface area contributed by atoms with Crippen molar-refractivity contribution in [3.8, 4) is 12.3 Å². The van der Waals surface area contributed by atoms with Crippen LogP contribution in [0.1, 0.15) is 24.8 Å². The highest BCUT2D eigenvalue weighted by atomic mass is 32.2. The predicted molar refractivity (Wildman–Crippen MR) is 87.0 cm³/mol. The largest absolute Gasteiger partial charge is 0.328 e. The van der Waals surface area contributed by atoms with E-state index in [0.29, 0.717) is 12.8 Å². The number of terminal acetylenes is 1. The molecule has 1 aromatic carbocycles. The molecule has 1 saturated heterocycles. The smallest absolute Gasteiger partial charge is 0.223 e. The molecule has 1 atom stereocenters. The van der Waals surface area contributed by atoms with Gasteiger partial charge in [0.2, 0.25) is 5.91 Å². The third-order valence-electron chi connectivity index (χ3n) is 3.93. The first-order valence-corrected chi connectivity index (χ1v) is 9.31. The van der Waals surface area contributed by atoms with Crippen molar-refractivity contribution in [1.82, 2.24) is 4.90 Å². The number of amides is 1. The average molecular weight is 319 g/mol. The van der Waals surface area contributed by atoms with Crippen LogP contribution in [0.3, 0.4) is 0 Å². The van der Waals surface area contributed by atoms with Gasteiger partial charge in [0.1, 0.15) is 0 Å². The summed E-state index contributed by atoms with van der Waals surface area (Å²) in [4.78, 5) is 13.9. The summed E-state index contributed by atoms with van der Waals surface area (Å²) >= 11 is 0. The monoisotopic (exact) mass is 319 g/mol. The van der Waals surface area contributed by atoms with E-state index in [4.69, 9.17) is 6.42 Å². The van der Waals surface area contributed by atoms with Gasteiger partial charge in [-0.15, -0.1) is 6.42 Å². The maximum absolute atomic E-state index is 12.4. The fourth-order valence-electron chi connectivity index (χ4n) is 2.77. The van der Waals surface area contributed by atoms with Gasteiger partial charge < -0.3 is 4.90 Å². The van der Waals surface area contributed by atoms with E-state index in [-0.39, 0.29) is 30.0 Å². The van der Waals surface area contributed by atoms with Crippen molar-refractivity contribution >= 4 is 15.7 Å². The molecule has 1 heterocycles. The van der Waals surface area contributed by atoms with Gasteiger partial charge in [0, 0.05) is 12.5 Å². The van der Waals surface area contributed by atoms with Crippen LogP contribution in [0, 0.1) is 12.3 Å². The van der Waals surface area contributed by atoms with Crippen LogP contribution in [0.25, 0.3) is 0 Å². The predicted octanol–water partition coefficient (Wildman–Crippen LogP) is 1.66. The van der Waals surface area contributed by atoms with Crippen LogP contribution < -0.4 is 0 Å². The van der Waals surface area contributed by atoms with Gasteiger partial charge in [-0.25, -0.2) is 8.42 Å². The molecule has 0 unspecified atom stereocenters. The SMILES string of the molecule is C#CCN(C(=O)CCCc1ccccc1)[C@H]1CCS(=O)(=O)C1. The summed E-state index contributed by atoms with van der Waals surface area (Å²) in [6.07, 6.45) is 7.79. The molecule has 4 nitrogen and oxygen atoms in total. The lowest BCUT2D eigenvalue weighted by molar-refractivity contribution is -0.132. The number of hydrogen-bond acceptors (Lipinski definition) is 3. The lowest BCUT2D eigenvalue weighted by Crippen LogP contribution is -2.41. The van der Waals surface area contributed by atoms with E-state index in [2.05, 4.69) is 5.92 Å². The summed E-state index contributed by atoms with van der Waals surface area (Å²) in [5.74, 6) is 2.62. The number of carbonyl (C=O) groups excluding carboxylic acids is 1. The Morgan fingerprint density at radius 3 is 2.64 bits per heavy atom. The summed E-state index contributed by atoms with van der Waals surface area (Å²) in [7, 11) is -3.02. The molecule has 2 rings (SSSR count). The Bertz CT molecular complexity index is 646. The van der Waals surface area contributed by atoms with Gasteiger partial charge in [0.25, 0.3) is 0 Å². The molecule has 1 aliphatic rings. The number of aryl methyl sites for hydroxylation is 1. The molecular formula is C17H21NO3S. The van der Waals surface area contributed by atoms with E-state index >= 15 is 0 Å². The Kier molecular flexibility index (Phi) is 5.62. The van der Waals surface area contributed by atoms with Crippen LogP contribution in [-0.4, -0.2) is 43.3 Å². The molecule has 1 aliphatic heterocycles. The molecular weight excluding hydrogens is 298 g/mol. The number of sulfone groups is 1. The number of benzene rings is 1. The van der Waals surface area contributed by atoms with E-state index in [0.717, 1.165) is 12.8 Å². The summed E-state index contributed by atoms with van der Waals surface area (Å²) in [5.41, 5.74) is 1.20. The molecule has 1 aromatic rings. The van der Waals surface area contributed by atoms with Gasteiger partial charge in [0.05, 0.1) is 18.1 Å². The topological polar surface area (TPSA) is 54.5 Å². The van der Waals surface area contributed by atoms with E-state index < -0.39 is 9.84 Å². The number of hydrogen-bond donors (Lipinski definition) is 0. The Morgan fingerprint density at radius 2 is 2.05 bits per heavy atom. The standard InChI is InChI=1S/C17H21NO3S/c1-2-12-18(16-11-13-22(20,21)14-16)17(19)10-6-9-15-7-4-3-5-8-15/h1,3-5,7-8,16H,6,9-14H2/t16-/m0/s1. The molecule has 0 radical (unpaired) electrons. The molecule has 0 aliphatic carbocycles. The highest BCUT2D eigenvalue weighted by Crippen LogP contribution is 2.19. The maximum Gasteiger partial charge on any atom is 0.223 e. The zero-order chi connectivity index (χ0) is 16.0. The second kappa shape index (κ2) is 7.46. The number of rotatable bonds is 6. The van der Waals surface area contributed by atoms with Crippen LogP contribution in [-0.2, 0) is 21.1 Å². The van der Waals surface area contributed by atoms with Crippen molar-refractivity contribution in [2.75, 3.05) is 18.1 Å². The number of nitrogens with zero attached hydrogens (tertiary/aromatic N) is 1. The first-order valence-electron chi connectivity index (χ1n) is 7.49. The summed E-state index contributed by atoms with van der Waals surface area (Å²) in [6, 6.07) is 9.73. The van der Waals surface area contributed by atoms with Gasteiger partial charge in [-0.3, -0.25) is 4.79 Å². The van der Waals surface area contributed by atoms with E-state index in [1.54, 1.807) is 4.90 Å². The summed E-state index contributed by atoms with van der Waals surface area (Å²) in [5, 5.41) is 0. The molecule has 118 valence electrons. The Morgan fingerprint density at radius 1 is 1.32 bits per heavy atom. The highest BCUT2D eigenvalue weighted by molar-refractivity contribution is 7.91. The zero-order valence-corrected chi connectivity index (χ0v) is 13.4. The normalized spacial score (nSPS) is 19.5. The average Bonchev–Trinajstić information content (AvgIpc) is 2.85. The van der Waals surface area contributed by atoms with E-state index in [9.17, 15) is 13.2 Å². The quantitative estimate of drug-likeness (QED) is 0.749. The van der Waals surface area contributed by atoms with Gasteiger partial charge in [-0.05, 0) is 24.8 Å². The molecule has 0 aromatic heterocycles. The van der Waals surface area contributed by atoms with Crippen LogP contribution in [0.4, 0.5) is 0 Å². The minimum absolute atomic E-state index is 0.0408. The first kappa shape index (κ1) is 16.6. The molecule has 5 heteroatoms. The zero-order valence-electron chi connectivity index (χ0n) is 12.6. The molecule has 0 bridgehead atoms. The van der Waals surface area contributed by atoms with Gasteiger partial charge >= 0.3 is 0 Å². The first-order chi connectivity index (χ1) is 10.5. The van der Waals surface area contributed by atoms with Gasteiger partial charge in [0.15, 0.2) is 9.84 Å². The van der Waals surface area contributed by atoms with Crippen LogP contribution in [0.2, 0.25) is 0 Å².